The van der Waals surface area contributed by atoms with Gasteiger partial charge in [0.15, 0.2) is 0 Å². The number of hydrogen-bond donors (Lipinski definition) is 1. The van der Waals surface area contributed by atoms with E-state index in [4.69, 9.17) is 4.74 Å². The van der Waals surface area contributed by atoms with E-state index in [0.717, 1.165) is 12.0 Å². The second kappa shape index (κ2) is 7.01. The van der Waals surface area contributed by atoms with Crippen LogP contribution in [0.1, 0.15) is 30.0 Å². The van der Waals surface area contributed by atoms with Crippen molar-refractivity contribution in [3.05, 3.63) is 65.5 Å². The molecule has 3 rings (SSSR count). The van der Waals surface area contributed by atoms with Gasteiger partial charge in [-0.25, -0.2) is 4.39 Å². The Morgan fingerprint density at radius 3 is 2.79 bits per heavy atom. The molecule has 24 heavy (non-hydrogen) atoms. The van der Waals surface area contributed by atoms with E-state index < -0.39 is 18.1 Å². The zero-order chi connectivity index (χ0) is 17.1. The van der Waals surface area contributed by atoms with E-state index in [1.807, 2.05) is 29.2 Å². The van der Waals surface area contributed by atoms with Gasteiger partial charge in [0.25, 0.3) is 0 Å². The molecule has 4 nitrogen and oxygen atoms in total. The normalized spacial score (nSPS) is 19.2. The van der Waals surface area contributed by atoms with E-state index in [1.165, 1.54) is 6.07 Å². The van der Waals surface area contributed by atoms with Crippen LogP contribution in [0.4, 0.5) is 4.39 Å². The minimum Gasteiger partial charge on any atom is -0.497 e. The number of aliphatic carboxylic acids is 1. The summed E-state index contributed by atoms with van der Waals surface area (Å²) in [7, 11) is 1.58. The molecule has 126 valence electrons. The molecule has 0 aromatic heterocycles. The first-order valence-electron chi connectivity index (χ1n) is 7.98. The summed E-state index contributed by atoms with van der Waals surface area (Å²) < 4.78 is 19.8. The minimum absolute atomic E-state index is 0.332. The third-order valence-electron chi connectivity index (χ3n) is 4.52. The van der Waals surface area contributed by atoms with Gasteiger partial charge in [0.2, 0.25) is 0 Å². The summed E-state index contributed by atoms with van der Waals surface area (Å²) in [6.07, 6.45) is 1.36. The maximum Gasteiger partial charge on any atom is 0.320 e. The molecule has 0 radical (unpaired) electrons. The second-order valence-electron chi connectivity index (χ2n) is 5.93. The molecule has 1 heterocycles. The van der Waals surface area contributed by atoms with Crippen molar-refractivity contribution in [2.24, 2.45) is 0 Å². The van der Waals surface area contributed by atoms with Gasteiger partial charge in [0.05, 0.1) is 13.2 Å². The van der Waals surface area contributed by atoms with Crippen LogP contribution in [-0.4, -0.2) is 35.7 Å². The number of halogens is 1. The molecule has 0 aliphatic carbocycles. The quantitative estimate of drug-likeness (QED) is 0.912. The molecule has 1 aliphatic heterocycles. The Hall–Kier alpha value is -2.40. The van der Waals surface area contributed by atoms with Gasteiger partial charge in [0, 0.05) is 12.1 Å². The molecule has 0 bridgehead atoms. The van der Waals surface area contributed by atoms with Crippen LogP contribution >= 0.6 is 0 Å². The summed E-state index contributed by atoms with van der Waals surface area (Å²) in [4.78, 5) is 13.5. The molecule has 2 atom stereocenters. The minimum atomic E-state index is -0.864. The lowest BCUT2D eigenvalue weighted by molar-refractivity contribution is -0.142. The highest BCUT2D eigenvalue weighted by atomic mass is 19.1. The number of ether oxygens (including phenoxy) is 1. The average Bonchev–Trinajstić information content (AvgIpc) is 3.07. The SMILES string of the molecule is COc1cccc(C(c2ccccc2F)N2CCCC2C(=O)O)c1. The van der Waals surface area contributed by atoms with Crippen molar-refractivity contribution in [2.75, 3.05) is 13.7 Å². The summed E-state index contributed by atoms with van der Waals surface area (Å²) in [6, 6.07) is 12.9. The van der Waals surface area contributed by atoms with Gasteiger partial charge >= 0.3 is 5.97 Å². The topological polar surface area (TPSA) is 49.8 Å². The molecule has 2 aromatic carbocycles. The average molecular weight is 329 g/mol. The van der Waals surface area contributed by atoms with Crippen molar-refractivity contribution in [3.63, 3.8) is 0 Å². The number of methoxy groups -OCH3 is 1. The summed E-state index contributed by atoms with van der Waals surface area (Å²) >= 11 is 0. The maximum atomic E-state index is 14.5. The highest BCUT2D eigenvalue weighted by Gasteiger charge is 2.37. The molecule has 1 N–H and O–H groups in total. The Bertz CT molecular complexity index is 734. The van der Waals surface area contributed by atoms with E-state index in [9.17, 15) is 14.3 Å². The van der Waals surface area contributed by atoms with Crippen LogP contribution < -0.4 is 4.74 Å². The number of carboxylic acids is 1. The third kappa shape index (κ3) is 3.12. The van der Waals surface area contributed by atoms with Crippen LogP contribution in [0.15, 0.2) is 48.5 Å². The molecular formula is C19H20FNO3. The zero-order valence-electron chi connectivity index (χ0n) is 13.5. The van der Waals surface area contributed by atoms with Crippen molar-refractivity contribution in [3.8, 4) is 5.75 Å². The Balaban J connectivity index is 2.10. The van der Waals surface area contributed by atoms with Crippen molar-refractivity contribution in [2.45, 2.75) is 24.9 Å². The number of benzene rings is 2. The lowest BCUT2D eigenvalue weighted by atomic mass is 9.95. The van der Waals surface area contributed by atoms with Crippen molar-refractivity contribution >= 4 is 5.97 Å². The van der Waals surface area contributed by atoms with E-state index >= 15 is 0 Å². The molecule has 2 aromatic rings. The molecule has 1 aliphatic rings. The standard InChI is InChI=1S/C19H20FNO3/c1-24-14-7-4-6-13(12-14)18(15-8-2-3-9-16(15)20)21-11-5-10-17(21)19(22)23/h2-4,6-9,12,17-18H,5,10-11H2,1H3,(H,22,23). The number of carbonyl (C=O) groups is 1. The molecule has 5 heteroatoms. The van der Waals surface area contributed by atoms with Gasteiger partial charge in [-0.2, -0.15) is 0 Å². The summed E-state index contributed by atoms with van der Waals surface area (Å²) in [5.74, 6) is -0.530. The van der Waals surface area contributed by atoms with Gasteiger partial charge in [-0.05, 0) is 36.6 Å². The van der Waals surface area contributed by atoms with E-state index in [1.54, 1.807) is 25.3 Å². The fourth-order valence-corrected chi connectivity index (χ4v) is 3.42. The Morgan fingerprint density at radius 2 is 2.08 bits per heavy atom. The smallest absolute Gasteiger partial charge is 0.320 e. The molecule has 0 spiro atoms. The Labute approximate surface area is 140 Å². The summed E-state index contributed by atoms with van der Waals surface area (Å²) in [5, 5.41) is 9.54. The monoisotopic (exact) mass is 329 g/mol. The van der Waals surface area contributed by atoms with Crippen LogP contribution in [-0.2, 0) is 4.79 Å². The van der Waals surface area contributed by atoms with E-state index in [2.05, 4.69) is 0 Å². The summed E-state index contributed by atoms with van der Waals surface area (Å²) in [6.45, 7) is 0.618. The van der Waals surface area contributed by atoms with E-state index in [0.29, 0.717) is 24.3 Å². The van der Waals surface area contributed by atoms with Crippen molar-refractivity contribution < 1.29 is 19.0 Å². The molecular weight excluding hydrogens is 309 g/mol. The first kappa shape index (κ1) is 16.5. The number of hydrogen-bond acceptors (Lipinski definition) is 3. The molecule has 1 saturated heterocycles. The second-order valence-corrected chi connectivity index (χ2v) is 5.93. The maximum absolute atomic E-state index is 14.5. The number of nitrogens with zero attached hydrogens (tertiary/aromatic N) is 1. The first-order valence-corrected chi connectivity index (χ1v) is 7.98. The first-order chi connectivity index (χ1) is 11.6. The zero-order valence-corrected chi connectivity index (χ0v) is 13.5. The van der Waals surface area contributed by atoms with Crippen LogP contribution in [0.2, 0.25) is 0 Å². The number of carboxylic acid groups (broad SMARTS) is 1. The Morgan fingerprint density at radius 1 is 1.29 bits per heavy atom. The van der Waals surface area contributed by atoms with Gasteiger partial charge in [-0.15, -0.1) is 0 Å². The predicted octanol–water partition coefficient (Wildman–Crippen LogP) is 3.47. The Kier molecular flexibility index (Phi) is 4.81. The van der Waals surface area contributed by atoms with Crippen LogP contribution in [0.25, 0.3) is 0 Å². The van der Waals surface area contributed by atoms with Crippen molar-refractivity contribution in [1.29, 1.82) is 0 Å². The van der Waals surface area contributed by atoms with Gasteiger partial charge in [-0.3, -0.25) is 9.69 Å². The van der Waals surface area contributed by atoms with Gasteiger partial charge < -0.3 is 9.84 Å². The molecule has 2 unspecified atom stereocenters. The molecule has 0 amide bonds. The largest absolute Gasteiger partial charge is 0.497 e. The lowest BCUT2D eigenvalue weighted by Crippen LogP contribution is -2.39. The van der Waals surface area contributed by atoms with Crippen molar-refractivity contribution in [1.82, 2.24) is 4.90 Å². The summed E-state index contributed by atoms with van der Waals surface area (Å²) in [5.41, 5.74) is 1.31. The number of rotatable bonds is 5. The third-order valence-corrected chi connectivity index (χ3v) is 4.52. The molecule has 1 fully saturated rings. The van der Waals surface area contributed by atoms with Crippen LogP contribution in [0.3, 0.4) is 0 Å². The lowest BCUT2D eigenvalue weighted by Gasteiger charge is -2.32. The van der Waals surface area contributed by atoms with E-state index in [-0.39, 0.29) is 5.82 Å². The fraction of sp³-hybridized carbons (Fsp3) is 0.316. The number of likely N-dealkylation sites (tertiary alicyclic amines) is 1. The highest BCUT2D eigenvalue weighted by Crippen LogP contribution is 2.37. The fourth-order valence-electron chi connectivity index (χ4n) is 3.42. The van der Waals surface area contributed by atoms with Crippen LogP contribution in [0, 0.1) is 5.82 Å². The predicted molar refractivity (Wildman–Crippen MR) is 88.6 cm³/mol. The highest BCUT2D eigenvalue weighted by molar-refractivity contribution is 5.74. The van der Waals surface area contributed by atoms with Gasteiger partial charge in [-0.1, -0.05) is 30.3 Å². The molecule has 0 saturated carbocycles. The van der Waals surface area contributed by atoms with Crippen LogP contribution in [0.5, 0.6) is 5.75 Å². The van der Waals surface area contributed by atoms with Gasteiger partial charge in [0.1, 0.15) is 17.6 Å².